The van der Waals surface area contributed by atoms with Crippen molar-refractivity contribution in [1.29, 1.82) is 0 Å². The number of rotatable bonds is 9. The van der Waals surface area contributed by atoms with Crippen molar-refractivity contribution in [3.63, 3.8) is 0 Å². The Balaban J connectivity index is 1.94. The van der Waals surface area contributed by atoms with E-state index in [2.05, 4.69) is 29.0 Å². The second-order valence-electron chi connectivity index (χ2n) is 6.65. The van der Waals surface area contributed by atoms with Crippen LogP contribution in [-0.2, 0) is 4.79 Å². The largest absolute Gasteiger partial charge is 0.368 e. The lowest BCUT2D eigenvalue weighted by molar-refractivity contribution is -0.126. The molecule has 2 fully saturated rings. The normalized spacial score (nSPS) is 23.9. The number of amides is 1. The Labute approximate surface area is 129 Å². The van der Waals surface area contributed by atoms with Gasteiger partial charge in [-0.3, -0.25) is 9.69 Å². The van der Waals surface area contributed by atoms with Crippen LogP contribution in [0.25, 0.3) is 0 Å². The summed E-state index contributed by atoms with van der Waals surface area (Å²) in [6, 6.07) is 0. The summed E-state index contributed by atoms with van der Waals surface area (Å²) in [5, 5.41) is 3.50. The highest BCUT2D eigenvalue weighted by molar-refractivity contribution is 5.86. The minimum atomic E-state index is -0.497. The molecule has 122 valence electrons. The van der Waals surface area contributed by atoms with Gasteiger partial charge in [-0.15, -0.1) is 0 Å². The van der Waals surface area contributed by atoms with E-state index in [4.69, 9.17) is 5.73 Å². The van der Waals surface area contributed by atoms with Crippen LogP contribution in [0.15, 0.2) is 0 Å². The van der Waals surface area contributed by atoms with Crippen LogP contribution in [0.1, 0.15) is 39.5 Å². The predicted molar refractivity (Wildman–Crippen MR) is 86.1 cm³/mol. The van der Waals surface area contributed by atoms with Crippen LogP contribution < -0.4 is 11.1 Å². The number of primary amides is 1. The third kappa shape index (κ3) is 4.18. The van der Waals surface area contributed by atoms with Gasteiger partial charge in [0.2, 0.25) is 5.91 Å². The number of piperazine rings is 1. The number of nitrogens with one attached hydrogen (secondary N) is 1. The van der Waals surface area contributed by atoms with E-state index in [1.807, 2.05) is 0 Å². The molecule has 5 heteroatoms. The summed E-state index contributed by atoms with van der Waals surface area (Å²) in [7, 11) is 0. The van der Waals surface area contributed by atoms with Gasteiger partial charge in [0, 0.05) is 32.7 Å². The molecule has 0 spiro atoms. The van der Waals surface area contributed by atoms with Gasteiger partial charge in [0.1, 0.15) is 5.54 Å². The zero-order valence-electron chi connectivity index (χ0n) is 13.7. The monoisotopic (exact) mass is 296 g/mol. The Kier molecular flexibility index (Phi) is 6.02. The van der Waals surface area contributed by atoms with Crippen molar-refractivity contribution in [2.45, 2.75) is 45.1 Å². The minimum absolute atomic E-state index is 0.158. The quantitative estimate of drug-likeness (QED) is 0.656. The van der Waals surface area contributed by atoms with E-state index in [0.29, 0.717) is 5.92 Å². The van der Waals surface area contributed by atoms with Gasteiger partial charge in [-0.05, 0) is 44.7 Å². The zero-order valence-corrected chi connectivity index (χ0v) is 13.7. The smallest absolute Gasteiger partial charge is 0.239 e. The minimum Gasteiger partial charge on any atom is -0.368 e. The standard InChI is InChI=1S/C16H32N4O/c1-3-7-18-16(15(17)21,14-5-6-14)13-20-11-9-19(8-4-2)10-12-20/h14,18H,3-13H2,1-2H3,(H2,17,21). The van der Waals surface area contributed by atoms with Crippen molar-refractivity contribution < 1.29 is 4.79 Å². The van der Waals surface area contributed by atoms with Crippen molar-refractivity contribution in [2.75, 3.05) is 45.8 Å². The van der Waals surface area contributed by atoms with Crippen molar-refractivity contribution >= 4 is 5.91 Å². The molecule has 0 aromatic heterocycles. The summed E-state index contributed by atoms with van der Waals surface area (Å²) in [4.78, 5) is 17.1. The molecule has 0 aromatic carbocycles. The molecule has 1 aliphatic carbocycles. The molecular formula is C16H32N4O. The van der Waals surface area contributed by atoms with Gasteiger partial charge >= 0.3 is 0 Å². The summed E-state index contributed by atoms with van der Waals surface area (Å²) < 4.78 is 0. The second kappa shape index (κ2) is 7.56. The van der Waals surface area contributed by atoms with Gasteiger partial charge in [-0.1, -0.05) is 13.8 Å². The van der Waals surface area contributed by atoms with Gasteiger partial charge in [-0.2, -0.15) is 0 Å². The Hall–Kier alpha value is -0.650. The fourth-order valence-electron chi connectivity index (χ4n) is 3.46. The molecule has 1 amide bonds. The lowest BCUT2D eigenvalue weighted by Crippen LogP contribution is -2.65. The van der Waals surface area contributed by atoms with Crippen molar-refractivity contribution in [3.05, 3.63) is 0 Å². The van der Waals surface area contributed by atoms with Gasteiger partial charge in [0.15, 0.2) is 0 Å². The molecule has 0 bridgehead atoms. The van der Waals surface area contributed by atoms with Gasteiger partial charge in [-0.25, -0.2) is 0 Å². The predicted octanol–water partition coefficient (Wildman–Crippen LogP) is 0.648. The molecule has 0 aromatic rings. The SMILES string of the molecule is CCCNC(CN1CCN(CCC)CC1)(C(N)=O)C1CC1. The van der Waals surface area contributed by atoms with E-state index in [1.165, 1.54) is 13.0 Å². The summed E-state index contributed by atoms with van der Waals surface area (Å²) in [6.07, 6.45) is 4.52. The molecule has 1 saturated heterocycles. The van der Waals surface area contributed by atoms with Gasteiger partial charge in [0.05, 0.1) is 0 Å². The fourth-order valence-corrected chi connectivity index (χ4v) is 3.46. The van der Waals surface area contributed by atoms with Crippen LogP contribution in [0, 0.1) is 5.92 Å². The van der Waals surface area contributed by atoms with Crippen LogP contribution in [0.5, 0.6) is 0 Å². The van der Waals surface area contributed by atoms with Crippen LogP contribution in [-0.4, -0.2) is 67.1 Å². The zero-order chi connectivity index (χ0) is 15.3. The first kappa shape index (κ1) is 16.7. The average molecular weight is 296 g/mol. The first-order valence-corrected chi connectivity index (χ1v) is 8.62. The number of carbonyl (C=O) groups is 1. The highest BCUT2D eigenvalue weighted by Crippen LogP contribution is 2.40. The first-order chi connectivity index (χ1) is 10.1. The van der Waals surface area contributed by atoms with Crippen LogP contribution in [0.3, 0.4) is 0 Å². The molecule has 1 saturated carbocycles. The lowest BCUT2D eigenvalue weighted by atomic mass is 9.90. The Morgan fingerprint density at radius 1 is 1.14 bits per heavy atom. The Morgan fingerprint density at radius 2 is 1.76 bits per heavy atom. The molecule has 0 radical (unpaired) electrons. The maximum Gasteiger partial charge on any atom is 0.239 e. The summed E-state index contributed by atoms with van der Waals surface area (Å²) >= 11 is 0. The second-order valence-corrected chi connectivity index (χ2v) is 6.65. The molecule has 1 aliphatic heterocycles. The van der Waals surface area contributed by atoms with E-state index in [1.54, 1.807) is 0 Å². The number of hydrogen-bond donors (Lipinski definition) is 2. The third-order valence-electron chi connectivity index (χ3n) is 4.88. The molecule has 3 N–H and O–H groups in total. The highest BCUT2D eigenvalue weighted by atomic mass is 16.1. The molecule has 1 atom stereocenters. The van der Waals surface area contributed by atoms with Crippen molar-refractivity contribution in [1.82, 2.24) is 15.1 Å². The Morgan fingerprint density at radius 3 is 2.24 bits per heavy atom. The molecule has 1 unspecified atom stereocenters. The van der Waals surface area contributed by atoms with Crippen LogP contribution >= 0.6 is 0 Å². The maximum absolute atomic E-state index is 12.2. The molecule has 21 heavy (non-hydrogen) atoms. The highest BCUT2D eigenvalue weighted by Gasteiger charge is 2.50. The number of nitrogens with two attached hydrogens (primary N) is 1. The van der Waals surface area contributed by atoms with E-state index < -0.39 is 5.54 Å². The van der Waals surface area contributed by atoms with Gasteiger partial charge in [0.25, 0.3) is 0 Å². The van der Waals surface area contributed by atoms with E-state index in [-0.39, 0.29) is 5.91 Å². The number of nitrogens with zero attached hydrogens (tertiary/aromatic N) is 2. The number of hydrogen-bond acceptors (Lipinski definition) is 4. The maximum atomic E-state index is 12.2. The molecule has 1 heterocycles. The van der Waals surface area contributed by atoms with Crippen molar-refractivity contribution in [2.24, 2.45) is 11.7 Å². The lowest BCUT2D eigenvalue weighted by Gasteiger charge is -2.41. The average Bonchev–Trinajstić information content (AvgIpc) is 3.30. The third-order valence-corrected chi connectivity index (χ3v) is 4.88. The molecule has 5 nitrogen and oxygen atoms in total. The molecule has 2 aliphatic rings. The molecular weight excluding hydrogens is 264 g/mol. The Bertz CT molecular complexity index is 337. The number of carbonyl (C=O) groups excluding carboxylic acids is 1. The van der Waals surface area contributed by atoms with E-state index >= 15 is 0 Å². The summed E-state index contributed by atoms with van der Waals surface area (Å²) in [5.41, 5.74) is 5.31. The summed E-state index contributed by atoms with van der Waals surface area (Å²) in [6.45, 7) is 11.5. The van der Waals surface area contributed by atoms with E-state index in [9.17, 15) is 4.79 Å². The molecule has 2 rings (SSSR count). The fraction of sp³-hybridized carbons (Fsp3) is 0.938. The van der Waals surface area contributed by atoms with E-state index in [0.717, 1.165) is 58.5 Å². The topological polar surface area (TPSA) is 61.6 Å². The van der Waals surface area contributed by atoms with Crippen LogP contribution in [0.2, 0.25) is 0 Å². The summed E-state index contributed by atoms with van der Waals surface area (Å²) in [5.74, 6) is 0.282. The van der Waals surface area contributed by atoms with Gasteiger partial charge < -0.3 is 16.0 Å². The van der Waals surface area contributed by atoms with Crippen LogP contribution in [0.4, 0.5) is 0 Å². The first-order valence-electron chi connectivity index (χ1n) is 8.62. The van der Waals surface area contributed by atoms with Crippen molar-refractivity contribution in [3.8, 4) is 0 Å².